The molecule has 170 valence electrons. The second kappa shape index (κ2) is 11.9. The lowest BCUT2D eigenvalue weighted by molar-refractivity contribution is 0.347. The second-order valence-electron chi connectivity index (χ2n) is 6.10. The number of ether oxygens (including phenoxy) is 4. The highest BCUT2D eigenvalue weighted by molar-refractivity contribution is 9.13. The average Bonchev–Trinajstić information content (AvgIpc) is 2.78. The third kappa shape index (κ3) is 5.77. The van der Waals surface area contributed by atoms with Crippen LogP contribution in [0.15, 0.2) is 30.0 Å². The van der Waals surface area contributed by atoms with E-state index in [1.807, 2.05) is 17.0 Å². The molecule has 3 N–H and O–H groups in total. The molecule has 0 saturated heterocycles. The van der Waals surface area contributed by atoms with E-state index >= 15 is 0 Å². The second-order valence-corrected chi connectivity index (χ2v) is 9.66. The summed E-state index contributed by atoms with van der Waals surface area (Å²) in [5.74, 6) is 8.03. The lowest BCUT2D eigenvalue weighted by atomic mass is 10.1. The van der Waals surface area contributed by atoms with E-state index in [1.165, 1.54) is 0 Å². The van der Waals surface area contributed by atoms with Gasteiger partial charge in [-0.3, -0.25) is 0 Å². The van der Waals surface area contributed by atoms with Crippen molar-refractivity contribution in [2.75, 3.05) is 28.4 Å². The lowest BCUT2D eigenvalue weighted by Gasteiger charge is -2.27. The fraction of sp³-hybridized carbons (Fsp3) is 0.316. The van der Waals surface area contributed by atoms with Crippen LogP contribution in [0.25, 0.3) is 0 Å². The summed E-state index contributed by atoms with van der Waals surface area (Å²) in [4.78, 5) is 1.91. The molecule has 31 heavy (non-hydrogen) atoms. The molecule has 2 aromatic rings. The maximum Gasteiger partial charge on any atom is 0.183 e. The van der Waals surface area contributed by atoms with Crippen LogP contribution in [0.2, 0.25) is 0 Å². The predicted octanol–water partition coefficient (Wildman–Crippen LogP) is 5.52. The molecule has 2 aromatic carbocycles. The first-order chi connectivity index (χ1) is 14.7. The topological polar surface area (TPSA) is 78.2 Å². The summed E-state index contributed by atoms with van der Waals surface area (Å²) in [6.07, 6.45) is 0. The van der Waals surface area contributed by atoms with Crippen LogP contribution in [-0.2, 0) is 13.1 Å². The number of halogens is 4. The van der Waals surface area contributed by atoms with Gasteiger partial charge in [0.2, 0.25) is 0 Å². The summed E-state index contributed by atoms with van der Waals surface area (Å²) in [6.45, 7) is 0.863. The van der Waals surface area contributed by atoms with Crippen LogP contribution in [0.4, 0.5) is 0 Å². The number of hydrazine groups is 1. The smallest absolute Gasteiger partial charge is 0.183 e. The summed E-state index contributed by atoms with van der Waals surface area (Å²) in [5, 5.41) is 0.371. The molecule has 0 bridgehead atoms. The van der Waals surface area contributed by atoms with Crippen LogP contribution in [0.5, 0.6) is 23.0 Å². The zero-order valence-corrected chi connectivity index (χ0v) is 24.3. The molecule has 0 aromatic heterocycles. The largest absolute Gasteiger partial charge is 0.493 e. The number of nitrogens with two attached hydrogens (primary N) is 1. The summed E-state index contributed by atoms with van der Waals surface area (Å²) in [7, 11) is 6.34. The van der Waals surface area contributed by atoms with E-state index < -0.39 is 0 Å². The van der Waals surface area contributed by atoms with Crippen molar-refractivity contribution in [3.63, 3.8) is 0 Å². The molecule has 0 unspecified atom stereocenters. The molecule has 0 spiro atoms. The highest BCUT2D eigenvalue weighted by Crippen LogP contribution is 2.44. The van der Waals surface area contributed by atoms with Gasteiger partial charge in [0.15, 0.2) is 28.1 Å². The van der Waals surface area contributed by atoms with Gasteiger partial charge in [0.05, 0.1) is 37.4 Å². The molecular weight excluding hydrogens is 686 g/mol. The zero-order valence-electron chi connectivity index (χ0n) is 17.1. The summed E-state index contributed by atoms with van der Waals surface area (Å²) in [6, 6.07) is 3.78. The van der Waals surface area contributed by atoms with E-state index in [9.17, 15) is 0 Å². The van der Waals surface area contributed by atoms with Gasteiger partial charge in [-0.1, -0.05) is 0 Å². The molecule has 12 heteroatoms. The van der Waals surface area contributed by atoms with Gasteiger partial charge in [0.1, 0.15) is 0 Å². The van der Waals surface area contributed by atoms with Gasteiger partial charge in [0.25, 0.3) is 0 Å². The van der Waals surface area contributed by atoms with E-state index in [0.717, 1.165) is 29.0 Å². The first-order valence-electron chi connectivity index (χ1n) is 8.67. The molecule has 0 aliphatic rings. The Morgan fingerprint density at radius 2 is 1.19 bits per heavy atom. The molecule has 0 fully saturated rings. The Morgan fingerprint density at radius 1 is 0.806 bits per heavy atom. The van der Waals surface area contributed by atoms with E-state index in [2.05, 4.69) is 69.1 Å². The fourth-order valence-electron chi connectivity index (χ4n) is 2.89. The SMILES string of the molecule is COc1cc(CN(Cc2cc(OC)c(OC)c(Br)c2Br)C(=S)NN)c(Br)c(Br)c1OC. The number of nitrogens with zero attached hydrogens (tertiary/aromatic N) is 1. The Kier molecular flexibility index (Phi) is 10.2. The number of nitrogens with one attached hydrogen (secondary N) is 1. The van der Waals surface area contributed by atoms with Gasteiger partial charge in [-0.2, -0.15) is 0 Å². The third-order valence-corrected chi connectivity index (χ3v) is 9.15. The van der Waals surface area contributed by atoms with E-state index in [0.29, 0.717) is 41.2 Å². The van der Waals surface area contributed by atoms with Crippen LogP contribution in [0, 0.1) is 0 Å². The number of hydrogen-bond donors (Lipinski definition) is 2. The molecule has 0 aliphatic heterocycles. The number of thiocarbonyl (C=S) groups is 1. The Labute approximate surface area is 220 Å². The van der Waals surface area contributed by atoms with Gasteiger partial charge in [-0.05, 0) is 99.2 Å². The molecule has 2 rings (SSSR count). The normalized spacial score (nSPS) is 10.5. The minimum Gasteiger partial charge on any atom is -0.493 e. The van der Waals surface area contributed by atoms with Gasteiger partial charge in [-0.15, -0.1) is 0 Å². The number of rotatable bonds is 8. The maximum atomic E-state index is 5.66. The molecule has 0 heterocycles. The van der Waals surface area contributed by atoms with E-state index in [-0.39, 0.29) is 0 Å². The molecule has 7 nitrogen and oxygen atoms in total. The van der Waals surface area contributed by atoms with Crippen LogP contribution in [-0.4, -0.2) is 38.5 Å². The van der Waals surface area contributed by atoms with Crippen molar-refractivity contribution < 1.29 is 18.9 Å². The highest BCUT2D eigenvalue weighted by atomic mass is 79.9. The van der Waals surface area contributed by atoms with Gasteiger partial charge in [-0.25, -0.2) is 5.84 Å². The number of benzene rings is 2. The lowest BCUT2D eigenvalue weighted by Crippen LogP contribution is -2.42. The minimum absolute atomic E-state index is 0.371. The fourth-order valence-corrected chi connectivity index (χ4v) is 5.08. The average molecular weight is 707 g/mol. The Balaban J connectivity index is 2.49. The standard InChI is InChI=1S/C19H21Br4N3O4S/c1-27-11-5-9(13(20)15(22)17(11)29-3)7-26(19(31)25-24)8-10-6-12(28-2)18(30-4)16(23)14(10)21/h5-6H,7-8,24H2,1-4H3,(H,25,31). The van der Waals surface area contributed by atoms with Gasteiger partial charge < -0.3 is 29.3 Å². The minimum atomic E-state index is 0.371. The quantitative estimate of drug-likeness (QED) is 0.211. The van der Waals surface area contributed by atoms with Crippen molar-refractivity contribution in [2.24, 2.45) is 5.84 Å². The zero-order chi connectivity index (χ0) is 23.3. The van der Waals surface area contributed by atoms with Crippen LogP contribution in [0.1, 0.15) is 11.1 Å². The molecule has 0 amide bonds. The van der Waals surface area contributed by atoms with Gasteiger partial charge in [0, 0.05) is 22.0 Å². The van der Waals surface area contributed by atoms with Crippen molar-refractivity contribution in [3.8, 4) is 23.0 Å². The molecule has 0 atom stereocenters. The summed E-state index contributed by atoms with van der Waals surface area (Å²) < 4.78 is 25.0. The predicted molar refractivity (Wildman–Crippen MR) is 139 cm³/mol. The van der Waals surface area contributed by atoms with Crippen LogP contribution >= 0.6 is 75.9 Å². The Hall–Kier alpha value is -0.790. The molecule has 0 saturated carbocycles. The first kappa shape index (κ1) is 26.5. The highest BCUT2D eigenvalue weighted by Gasteiger charge is 2.22. The molecule has 0 aliphatic carbocycles. The van der Waals surface area contributed by atoms with Crippen LogP contribution in [0.3, 0.4) is 0 Å². The molecular formula is C19H21Br4N3O4S. The van der Waals surface area contributed by atoms with Crippen molar-refractivity contribution in [3.05, 3.63) is 41.2 Å². The van der Waals surface area contributed by atoms with E-state index in [1.54, 1.807) is 28.4 Å². The van der Waals surface area contributed by atoms with Crippen molar-refractivity contribution in [1.29, 1.82) is 0 Å². The first-order valence-corrected chi connectivity index (χ1v) is 12.2. The van der Waals surface area contributed by atoms with E-state index in [4.69, 9.17) is 37.0 Å². The number of hydrogen-bond acceptors (Lipinski definition) is 6. The molecule has 0 radical (unpaired) electrons. The summed E-state index contributed by atoms with van der Waals surface area (Å²) >= 11 is 19.9. The van der Waals surface area contributed by atoms with Crippen molar-refractivity contribution >= 4 is 81.1 Å². The third-order valence-electron chi connectivity index (χ3n) is 4.39. The maximum absolute atomic E-state index is 5.66. The summed E-state index contributed by atoms with van der Waals surface area (Å²) in [5.41, 5.74) is 4.40. The van der Waals surface area contributed by atoms with Crippen molar-refractivity contribution in [1.82, 2.24) is 10.3 Å². The monoisotopic (exact) mass is 703 g/mol. The van der Waals surface area contributed by atoms with Crippen LogP contribution < -0.4 is 30.2 Å². The Morgan fingerprint density at radius 3 is 1.48 bits per heavy atom. The van der Waals surface area contributed by atoms with Crippen molar-refractivity contribution in [2.45, 2.75) is 13.1 Å². The van der Waals surface area contributed by atoms with Gasteiger partial charge >= 0.3 is 0 Å². The Bertz CT molecular complexity index is 909. The number of methoxy groups -OCH3 is 4.